The first kappa shape index (κ1) is 9.01. The molecule has 1 saturated heterocycles. The fraction of sp³-hybridized carbons (Fsp3) is 0.500. The van der Waals surface area contributed by atoms with Crippen molar-refractivity contribution in [3.63, 3.8) is 0 Å². The summed E-state index contributed by atoms with van der Waals surface area (Å²) in [6.45, 7) is 1.16. The Kier molecular flexibility index (Phi) is 2.36. The number of rotatable bonds is 1. The third-order valence-corrected chi connectivity index (χ3v) is 1.98. The highest BCUT2D eigenvalue weighted by molar-refractivity contribution is 5.92. The average molecular weight is 197 g/mol. The standard InChI is InChI=1S/C8H11N3O3/c9-7-5-6(10-14-7)8(12)11-3-1-2-4-13-11/h5H,1-4,9H2. The molecule has 6 nitrogen and oxygen atoms in total. The van der Waals surface area contributed by atoms with Gasteiger partial charge in [0.15, 0.2) is 5.69 Å². The van der Waals surface area contributed by atoms with Crippen LogP contribution in [0.3, 0.4) is 0 Å². The summed E-state index contributed by atoms with van der Waals surface area (Å²) in [6, 6.07) is 1.39. The van der Waals surface area contributed by atoms with Crippen LogP contribution in [-0.4, -0.2) is 29.3 Å². The molecule has 1 aromatic rings. The van der Waals surface area contributed by atoms with E-state index >= 15 is 0 Å². The molecule has 1 aliphatic rings. The minimum atomic E-state index is -0.301. The maximum absolute atomic E-state index is 11.6. The Bertz CT molecular complexity index is 330. The molecule has 6 heteroatoms. The van der Waals surface area contributed by atoms with Crippen molar-refractivity contribution in [1.29, 1.82) is 0 Å². The zero-order valence-corrected chi connectivity index (χ0v) is 7.60. The van der Waals surface area contributed by atoms with Gasteiger partial charge >= 0.3 is 0 Å². The lowest BCUT2D eigenvalue weighted by atomic mass is 10.3. The first-order chi connectivity index (χ1) is 6.77. The summed E-state index contributed by atoms with van der Waals surface area (Å²) in [4.78, 5) is 16.8. The summed E-state index contributed by atoms with van der Waals surface area (Å²) in [6.07, 6.45) is 1.92. The largest absolute Gasteiger partial charge is 0.368 e. The molecule has 2 rings (SSSR count). The van der Waals surface area contributed by atoms with Crippen molar-refractivity contribution in [3.8, 4) is 0 Å². The molecule has 0 bridgehead atoms. The Morgan fingerprint density at radius 2 is 2.43 bits per heavy atom. The van der Waals surface area contributed by atoms with Crippen LogP contribution < -0.4 is 5.73 Å². The molecule has 1 aromatic heterocycles. The van der Waals surface area contributed by atoms with E-state index in [0.717, 1.165) is 12.8 Å². The summed E-state index contributed by atoms with van der Waals surface area (Å²) in [5, 5.41) is 4.81. The lowest BCUT2D eigenvalue weighted by molar-refractivity contribution is -0.144. The van der Waals surface area contributed by atoms with Gasteiger partial charge in [-0.25, -0.2) is 5.06 Å². The number of hydroxylamine groups is 2. The molecular weight excluding hydrogens is 186 g/mol. The molecule has 0 unspecified atom stereocenters. The molecule has 2 N–H and O–H groups in total. The third kappa shape index (κ3) is 1.69. The van der Waals surface area contributed by atoms with Gasteiger partial charge in [0.1, 0.15) is 0 Å². The van der Waals surface area contributed by atoms with Crippen molar-refractivity contribution in [2.45, 2.75) is 12.8 Å². The predicted octanol–water partition coefficient (Wildman–Crippen LogP) is 0.424. The second-order valence-electron chi connectivity index (χ2n) is 3.06. The molecule has 14 heavy (non-hydrogen) atoms. The zero-order valence-electron chi connectivity index (χ0n) is 7.60. The van der Waals surface area contributed by atoms with Crippen LogP contribution in [0.1, 0.15) is 23.3 Å². The van der Waals surface area contributed by atoms with Gasteiger partial charge in [0.05, 0.1) is 6.61 Å². The second-order valence-corrected chi connectivity index (χ2v) is 3.06. The normalized spacial score (nSPS) is 17.0. The van der Waals surface area contributed by atoms with Gasteiger partial charge in [-0.15, -0.1) is 0 Å². The summed E-state index contributed by atoms with van der Waals surface area (Å²) in [5.74, 6) is -0.171. The van der Waals surface area contributed by atoms with Crippen LogP contribution in [0.25, 0.3) is 0 Å². The van der Waals surface area contributed by atoms with Crippen LogP contribution in [0.2, 0.25) is 0 Å². The van der Waals surface area contributed by atoms with Crippen LogP contribution in [-0.2, 0) is 4.84 Å². The van der Waals surface area contributed by atoms with Gasteiger partial charge in [0.25, 0.3) is 5.91 Å². The van der Waals surface area contributed by atoms with Gasteiger partial charge in [-0.05, 0) is 12.8 Å². The van der Waals surface area contributed by atoms with Crippen LogP contribution in [0, 0.1) is 0 Å². The van der Waals surface area contributed by atoms with Crippen LogP contribution in [0.4, 0.5) is 5.88 Å². The van der Waals surface area contributed by atoms with E-state index in [1.54, 1.807) is 0 Å². The number of nitrogens with zero attached hydrogens (tertiary/aromatic N) is 2. The van der Waals surface area contributed by atoms with Crippen molar-refractivity contribution in [3.05, 3.63) is 11.8 Å². The first-order valence-corrected chi connectivity index (χ1v) is 4.44. The van der Waals surface area contributed by atoms with Gasteiger partial charge in [-0.2, -0.15) is 0 Å². The van der Waals surface area contributed by atoms with Gasteiger partial charge in [0, 0.05) is 12.6 Å². The molecule has 0 radical (unpaired) electrons. The van der Waals surface area contributed by atoms with Crippen molar-refractivity contribution < 1.29 is 14.2 Å². The highest BCUT2D eigenvalue weighted by Gasteiger charge is 2.22. The molecule has 2 heterocycles. The molecule has 0 aliphatic carbocycles. The number of amides is 1. The summed E-state index contributed by atoms with van der Waals surface area (Å²) in [7, 11) is 0. The Morgan fingerprint density at radius 3 is 3.00 bits per heavy atom. The van der Waals surface area contributed by atoms with Gasteiger partial charge < -0.3 is 10.3 Å². The van der Waals surface area contributed by atoms with E-state index in [0.29, 0.717) is 13.2 Å². The number of hydrogen-bond acceptors (Lipinski definition) is 5. The van der Waals surface area contributed by atoms with Crippen molar-refractivity contribution in [2.75, 3.05) is 18.9 Å². The van der Waals surface area contributed by atoms with Crippen molar-refractivity contribution in [2.24, 2.45) is 0 Å². The summed E-state index contributed by atoms with van der Waals surface area (Å²) < 4.78 is 4.60. The molecule has 0 spiro atoms. The van der Waals surface area contributed by atoms with E-state index in [1.807, 2.05) is 0 Å². The Labute approximate surface area is 80.5 Å². The quantitative estimate of drug-likeness (QED) is 0.705. The number of carbonyl (C=O) groups excluding carboxylic acids is 1. The molecule has 1 amide bonds. The fourth-order valence-corrected chi connectivity index (χ4v) is 1.27. The maximum Gasteiger partial charge on any atom is 0.299 e. The monoisotopic (exact) mass is 197 g/mol. The van der Waals surface area contributed by atoms with Gasteiger partial charge in [-0.1, -0.05) is 5.16 Å². The number of hydrogen-bond donors (Lipinski definition) is 1. The minimum Gasteiger partial charge on any atom is -0.368 e. The number of carbonyl (C=O) groups is 1. The topological polar surface area (TPSA) is 81.6 Å². The van der Waals surface area contributed by atoms with E-state index in [-0.39, 0.29) is 17.5 Å². The van der Waals surface area contributed by atoms with E-state index in [9.17, 15) is 4.79 Å². The molecule has 0 aromatic carbocycles. The molecular formula is C8H11N3O3. The Morgan fingerprint density at radius 1 is 1.57 bits per heavy atom. The summed E-state index contributed by atoms with van der Waals surface area (Å²) in [5.41, 5.74) is 5.49. The van der Waals surface area contributed by atoms with Crippen LogP contribution >= 0.6 is 0 Å². The summed E-state index contributed by atoms with van der Waals surface area (Å²) >= 11 is 0. The number of anilines is 1. The second kappa shape index (κ2) is 3.67. The minimum absolute atomic E-state index is 0.130. The maximum atomic E-state index is 11.6. The Hall–Kier alpha value is -1.56. The lowest BCUT2D eigenvalue weighted by Gasteiger charge is -2.24. The van der Waals surface area contributed by atoms with Gasteiger partial charge in [-0.3, -0.25) is 9.63 Å². The smallest absolute Gasteiger partial charge is 0.299 e. The number of nitrogens with two attached hydrogens (primary N) is 1. The predicted molar refractivity (Wildman–Crippen MR) is 47.1 cm³/mol. The van der Waals surface area contributed by atoms with E-state index in [2.05, 4.69) is 9.68 Å². The molecule has 0 atom stereocenters. The molecule has 1 aliphatic heterocycles. The average Bonchev–Trinajstić information content (AvgIpc) is 2.65. The zero-order chi connectivity index (χ0) is 9.97. The van der Waals surface area contributed by atoms with E-state index in [1.165, 1.54) is 11.1 Å². The molecule has 0 saturated carbocycles. The fourth-order valence-electron chi connectivity index (χ4n) is 1.27. The lowest BCUT2D eigenvalue weighted by Crippen LogP contribution is -2.35. The molecule has 76 valence electrons. The SMILES string of the molecule is Nc1cc(C(=O)N2CCCCO2)no1. The van der Waals surface area contributed by atoms with Crippen LogP contribution in [0.15, 0.2) is 10.6 Å². The highest BCUT2D eigenvalue weighted by atomic mass is 16.7. The number of nitrogen functional groups attached to an aromatic ring is 1. The number of aromatic nitrogens is 1. The van der Waals surface area contributed by atoms with E-state index in [4.69, 9.17) is 10.6 Å². The highest BCUT2D eigenvalue weighted by Crippen LogP contribution is 2.12. The van der Waals surface area contributed by atoms with Crippen molar-refractivity contribution in [1.82, 2.24) is 10.2 Å². The van der Waals surface area contributed by atoms with E-state index < -0.39 is 0 Å². The third-order valence-electron chi connectivity index (χ3n) is 1.98. The first-order valence-electron chi connectivity index (χ1n) is 4.44. The Balaban J connectivity index is 2.07. The van der Waals surface area contributed by atoms with Gasteiger partial charge in [0.2, 0.25) is 5.88 Å². The van der Waals surface area contributed by atoms with Crippen molar-refractivity contribution >= 4 is 11.8 Å². The van der Waals surface area contributed by atoms with Crippen LogP contribution in [0.5, 0.6) is 0 Å². The molecule has 1 fully saturated rings.